The maximum Gasteiger partial charge on any atom is 0.155 e. The van der Waals surface area contributed by atoms with E-state index in [0.717, 1.165) is 38.5 Å². The molecular formula is C19H28O3. The molecule has 122 valence electrons. The molecule has 0 spiro atoms. The van der Waals surface area contributed by atoms with Crippen molar-refractivity contribution in [3.8, 4) is 0 Å². The van der Waals surface area contributed by atoms with E-state index >= 15 is 0 Å². The molecule has 3 fully saturated rings. The van der Waals surface area contributed by atoms with Crippen molar-refractivity contribution >= 4 is 5.78 Å². The third-order valence-electron chi connectivity index (χ3n) is 7.84. The van der Waals surface area contributed by atoms with Gasteiger partial charge in [-0.05, 0) is 73.2 Å². The highest BCUT2D eigenvalue weighted by Crippen LogP contribution is 2.65. The summed E-state index contributed by atoms with van der Waals surface area (Å²) in [6.07, 6.45) is 7.56. The molecule has 4 rings (SSSR count). The molecule has 0 heterocycles. The SMILES string of the molecule is C[C@]12CCC(=O)C=C1CC[C@@H]1C2[C@H](O)C[C@@]2(C)C1CC[C@@H]2O. The molecule has 0 saturated heterocycles. The molecule has 2 N–H and O–H groups in total. The number of rotatable bonds is 0. The molecule has 0 radical (unpaired) electrons. The molecule has 0 bridgehead atoms. The third-order valence-corrected chi connectivity index (χ3v) is 7.84. The molecule has 0 aromatic heterocycles. The molecule has 22 heavy (non-hydrogen) atoms. The maximum absolute atomic E-state index is 11.8. The van der Waals surface area contributed by atoms with E-state index < -0.39 is 0 Å². The quantitative estimate of drug-likeness (QED) is 0.723. The normalized spacial score (nSPS) is 54.3. The van der Waals surface area contributed by atoms with Gasteiger partial charge in [0.15, 0.2) is 5.78 Å². The molecule has 0 aromatic rings. The fourth-order valence-electron chi connectivity index (χ4n) is 6.66. The number of carbonyl (C=O) groups is 1. The second-order valence-electron chi connectivity index (χ2n) is 8.76. The minimum absolute atomic E-state index is 0.00881. The van der Waals surface area contributed by atoms with Crippen LogP contribution in [0.2, 0.25) is 0 Å². The van der Waals surface area contributed by atoms with Crippen molar-refractivity contribution in [3.05, 3.63) is 11.6 Å². The number of fused-ring (bicyclic) bond motifs is 5. The van der Waals surface area contributed by atoms with Gasteiger partial charge in [-0.1, -0.05) is 19.4 Å². The molecule has 4 aliphatic carbocycles. The lowest BCUT2D eigenvalue weighted by molar-refractivity contribution is -0.142. The molecule has 0 aromatic carbocycles. The first-order valence-corrected chi connectivity index (χ1v) is 8.96. The van der Waals surface area contributed by atoms with E-state index in [0.29, 0.717) is 18.3 Å². The number of hydrogen-bond acceptors (Lipinski definition) is 3. The molecule has 0 amide bonds. The highest BCUT2D eigenvalue weighted by Gasteiger charge is 2.61. The van der Waals surface area contributed by atoms with Crippen LogP contribution >= 0.6 is 0 Å². The van der Waals surface area contributed by atoms with E-state index in [2.05, 4.69) is 13.8 Å². The van der Waals surface area contributed by atoms with Gasteiger partial charge < -0.3 is 10.2 Å². The van der Waals surface area contributed by atoms with E-state index in [1.54, 1.807) is 0 Å². The zero-order valence-electron chi connectivity index (χ0n) is 13.7. The van der Waals surface area contributed by atoms with Gasteiger partial charge >= 0.3 is 0 Å². The lowest BCUT2D eigenvalue weighted by Crippen LogP contribution is -2.57. The summed E-state index contributed by atoms with van der Waals surface area (Å²) in [4.78, 5) is 11.8. The van der Waals surface area contributed by atoms with Gasteiger partial charge in [-0.2, -0.15) is 0 Å². The van der Waals surface area contributed by atoms with E-state index in [1.807, 2.05) is 6.08 Å². The third kappa shape index (κ3) is 1.78. The van der Waals surface area contributed by atoms with Crippen molar-refractivity contribution in [2.75, 3.05) is 0 Å². The van der Waals surface area contributed by atoms with Crippen molar-refractivity contribution in [3.63, 3.8) is 0 Å². The average Bonchev–Trinajstić information content (AvgIpc) is 2.75. The second kappa shape index (κ2) is 4.67. The number of carbonyl (C=O) groups excluding carboxylic acids is 1. The van der Waals surface area contributed by atoms with Crippen LogP contribution < -0.4 is 0 Å². The van der Waals surface area contributed by atoms with Crippen LogP contribution in [0.25, 0.3) is 0 Å². The van der Waals surface area contributed by atoms with Gasteiger partial charge in [-0.25, -0.2) is 0 Å². The first-order chi connectivity index (χ1) is 10.4. The Morgan fingerprint density at radius 1 is 1.14 bits per heavy atom. The number of aliphatic hydroxyl groups excluding tert-OH is 2. The van der Waals surface area contributed by atoms with Crippen molar-refractivity contribution in [2.45, 2.75) is 71.0 Å². The molecular weight excluding hydrogens is 276 g/mol. The number of hydrogen-bond donors (Lipinski definition) is 2. The van der Waals surface area contributed by atoms with Gasteiger partial charge in [0.25, 0.3) is 0 Å². The van der Waals surface area contributed by atoms with Crippen LogP contribution in [-0.2, 0) is 4.79 Å². The minimum Gasteiger partial charge on any atom is -0.393 e. The summed E-state index contributed by atoms with van der Waals surface area (Å²) >= 11 is 0. The summed E-state index contributed by atoms with van der Waals surface area (Å²) in [5.41, 5.74) is 1.17. The molecule has 2 unspecified atom stereocenters. The molecule has 3 nitrogen and oxygen atoms in total. The van der Waals surface area contributed by atoms with E-state index in [4.69, 9.17) is 0 Å². The smallest absolute Gasteiger partial charge is 0.155 e. The van der Waals surface area contributed by atoms with Crippen LogP contribution in [0.15, 0.2) is 11.6 Å². The predicted octanol–water partition coefficient (Wildman–Crippen LogP) is 2.85. The Hall–Kier alpha value is -0.670. The van der Waals surface area contributed by atoms with E-state index in [9.17, 15) is 15.0 Å². The topological polar surface area (TPSA) is 57.5 Å². The Kier molecular flexibility index (Phi) is 3.16. The monoisotopic (exact) mass is 304 g/mol. The van der Waals surface area contributed by atoms with Gasteiger partial charge in [0, 0.05) is 6.42 Å². The Morgan fingerprint density at radius 2 is 1.91 bits per heavy atom. The number of allylic oxidation sites excluding steroid dienone is 1. The zero-order valence-corrected chi connectivity index (χ0v) is 13.7. The summed E-state index contributed by atoms with van der Waals surface area (Å²) in [7, 11) is 0. The first kappa shape index (κ1) is 14.9. The van der Waals surface area contributed by atoms with Gasteiger partial charge in [-0.15, -0.1) is 0 Å². The van der Waals surface area contributed by atoms with E-state index in [-0.39, 0.29) is 34.7 Å². The van der Waals surface area contributed by atoms with E-state index in [1.165, 1.54) is 5.57 Å². The summed E-state index contributed by atoms with van der Waals surface area (Å²) < 4.78 is 0. The first-order valence-electron chi connectivity index (χ1n) is 8.96. The molecule has 3 heteroatoms. The van der Waals surface area contributed by atoms with Crippen LogP contribution in [0, 0.1) is 28.6 Å². The molecule has 3 saturated carbocycles. The van der Waals surface area contributed by atoms with Crippen LogP contribution in [0.1, 0.15) is 58.8 Å². The Labute approximate surface area is 132 Å². The largest absolute Gasteiger partial charge is 0.393 e. The van der Waals surface area contributed by atoms with Crippen LogP contribution in [0.5, 0.6) is 0 Å². The van der Waals surface area contributed by atoms with Crippen LogP contribution in [-0.4, -0.2) is 28.2 Å². The van der Waals surface area contributed by atoms with Gasteiger partial charge in [0.2, 0.25) is 0 Å². The summed E-state index contributed by atoms with van der Waals surface area (Å²) in [5, 5.41) is 21.4. The van der Waals surface area contributed by atoms with Crippen molar-refractivity contribution in [2.24, 2.45) is 28.6 Å². The Balaban J connectivity index is 1.74. The second-order valence-corrected chi connectivity index (χ2v) is 8.76. The maximum atomic E-state index is 11.8. The summed E-state index contributed by atoms with van der Waals surface area (Å²) in [6.45, 7) is 4.46. The van der Waals surface area contributed by atoms with Crippen LogP contribution in [0.4, 0.5) is 0 Å². The van der Waals surface area contributed by atoms with Crippen LogP contribution in [0.3, 0.4) is 0 Å². The minimum atomic E-state index is -0.346. The number of ketones is 1. The Bertz CT molecular complexity index is 539. The molecule has 4 aliphatic rings. The predicted molar refractivity (Wildman–Crippen MR) is 84.1 cm³/mol. The van der Waals surface area contributed by atoms with Crippen molar-refractivity contribution in [1.82, 2.24) is 0 Å². The summed E-state index contributed by atoms with van der Waals surface area (Å²) in [5.74, 6) is 1.56. The zero-order chi connectivity index (χ0) is 15.7. The standard InChI is InChI=1S/C19H28O3/c1-18-8-7-12(20)9-11(18)3-4-13-14-5-6-16(22)19(14,2)10-15(21)17(13)18/h9,13-17,21-22H,3-8,10H2,1-2H3/t13-,14?,15+,16-,17?,18-,19-/m0/s1. The highest BCUT2D eigenvalue weighted by atomic mass is 16.3. The average molecular weight is 304 g/mol. The Morgan fingerprint density at radius 3 is 2.68 bits per heavy atom. The van der Waals surface area contributed by atoms with Gasteiger partial charge in [0.1, 0.15) is 0 Å². The molecule has 7 atom stereocenters. The van der Waals surface area contributed by atoms with Gasteiger partial charge in [0.05, 0.1) is 12.2 Å². The van der Waals surface area contributed by atoms with Gasteiger partial charge in [-0.3, -0.25) is 4.79 Å². The molecule has 0 aliphatic heterocycles. The summed E-state index contributed by atoms with van der Waals surface area (Å²) in [6, 6.07) is 0. The number of aliphatic hydroxyl groups is 2. The van der Waals surface area contributed by atoms with Crippen molar-refractivity contribution < 1.29 is 15.0 Å². The van der Waals surface area contributed by atoms with Crippen molar-refractivity contribution in [1.29, 1.82) is 0 Å². The lowest BCUT2D eigenvalue weighted by Gasteiger charge is -2.59. The highest BCUT2D eigenvalue weighted by molar-refractivity contribution is 5.91. The fourth-order valence-corrected chi connectivity index (χ4v) is 6.66. The fraction of sp³-hybridized carbons (Fsp3) is 0.842. The lowest BCUT2D eigenvalue weighted by atomic mass is 9.46.